The van der Waals surface area contributed by atoms with Gasteiger partial charge in [-0.1, -0.05) is 40.2 Å². The topological polar surface area (TPSA) is 77.4 Å². The summed E-state index contributed by atoms with van der Waals surface area (Å²) in [6.07, 6.45) is 0. The SMILES string of the molecule is COc1ccc(NC(=O)C2=C(C)Nc3nc4ccccc4n3[C@H]2c2ccc(Br)cc2)c(OC)c1. The molecule has 7 nitrogen and oxygen atoms in total. The molecule has 5 rings (SSSR count). The van der Waals surface area contributed by atoms with E-state index in [2.05, 4.69) is 31.1 Å². The van der Waals surface area contributed by atoms with Gasteiger partial charge in [0.1, 0.15) is 11.5 Å². The van der Waals surface area contributed by atoms with Crippen molar-refractivity contribution in [3.63, 3.8) is 0 Å². The molecule has 0 spiro atoms. The number of para-hydroxylation sites is 2. The highest BCUT2D eigenvalue weighted by molar-refractivity contribution is 9.10. The number of halogens is 1. The number of nitrogens with zero attached hydrogens (tertiary/aromatic N) is 2. The zero-order chi connectivity index (χ0) is 23.8. The van der Waals surface area contributed by atoms with Crippen molar-refractivity contribution in [2.45, 2.75) is 13.0 Å². The zero-order valence-electron chi connectivity index (χ0n) is 18.9. The average Bonchev–Trinajstić information content (AvgIpc) is 3.21. The van der Waals surface area contributed by atoms with Gasteiger partial charge in [-0.3, -0.25) is 9.36 Å². The number of aromatic nitrogens is 2. The van der Waals surface area contributed by atoms with Crippen LogP contribution in [0, 0.1) is 0 Å². The highest BCUT2D eigenvalue weighted by Gasteiger charge is 2.34. The third kappa shape index (κ3) is 3.80. The Hall–Kier alpha value is -3.78. The number of ether oxygens (including phenoxy) is 2. The van der Waals surface area contributed by atoms with Crippen LogP contribution in [-0.4, -0.2) is 29.7 Å². The Bertz CT molecular complexity index is 1430. The summed E-state index contributed by atoms with van der Waals surface area (Å²) >= 11 is 3.51. The summed E-state index contributed by atoms with van der Waals surface area (Å²) in [5.74, 6) is 1.63. The van der Waals surface area contributed by atoms with E-state index in [9.17, 15) is 4.79 Å². The summed E-state index contributed by atoms with van der Waals surface area (Å²) in [5.41, 5.74) is 4.66. The van der Waals surface area contributed by atoms with Crippen LogP contribution in [0.5, 0.6) is 11.5 Å². The van der Waals surface area contributed by atoms with Crippen molar-refractivity contribution < 1.29 is 14.3 Å². The minimum absolute atomic E-state index is 0.232. The van der Waals surface area contributed by atoms with Crippen LogP contribution in [-0.2, 0) is 4.79 Å². The van der Waals surface area contributed by atoms with E-state index in [1.165, 1.54) is 0 Å². The molecule has 0 unspecified atom stereocenters. The molecule has 0 aliphatic carbocycles. The molecule has 4 aromatic rings. The lowest BCUT2D eigenvalue weighted by Crippen LogP contribution is -2.31. The van der Waals surface area contributed by atoms with Gasteiger partial charge >= 0.3 is 0 Å². The maximum absolute atomic E-state index is 13.8. The van der Waals surface area contributed by atoms with Crippen molar-refractivity contribution in [2.24, 2.45) is 0 Å². The fraction of sp³-hybridized carbons (Fsp3) is 0.154. The molecule has 8 heteroatoms. The molecule has 0 fully saturated rings. The van der Waals surface area contributed by atoms with E-state index in [4.69, 9.17) is 14.5 Å². The third-order valence-electron chi connectivity index (χ3n) is 5.92. The van der Waals surface area contributed by atoms with Gasteiger partial charge in [0.05, 0.1) is 42.6 Å². The van der Waals surface area contributed by atoms with Gasteiger partial charge in [0.2, 0.25) is 5.95 Å². The summed E-state index contributed by atoms with van der Waals surface area (Å²) in [7, 11) is 3.15. The van der Waals surface area contributed by atoms with E-state index in [1.54, 1.807) is 32.4 Å². The Kier molecular flexibility index (Phi) is 5.75. The van der Waals surface area contributed by atoms with Crippen molar-refractivity contribution in [1.29, 1.82) is 0 Å². The quantitative estimate of drug-likeness (QED) is 0.352. The first-order valence-corrected chi connectivity index (χ1v) is 11.5. The second-order valence-electron chi connectivity index (χ2n) is 7.93. The Morgan fingerprint density at radius 3 is 2.56 bits per heavy atom. The maximum Gasteiger partial charge on any atom is 0.255 e. The number of amides is 1. The molecule has 34 heavy (non-hydrogen) atoms. The van der Waals surface area contributed by atoms with Gasteiger partial charge in [-0.05, 0) is 48.9 Å². The number of hydrogen-bond donors (Lipinski definition) is 2. The van der Waals surface area contributed by atoms with E-state index >= 15 is 0 Å². The summed E-state index contributed by atoms with van der Waals surface area (Å²) in [5, 5.41) is 6.37. The van der Waals surface area contributed by atoms with Crippen molar-refractivity contribution in [3.05, 3.63) is 88.0 Å². The average molecular weight is 519 g/mol. The highest BCUT2D eigenvalue weighted by Crippen LogP contribution is 2.40. The molecular formula is C26H23BrN4O3. The molecule has 172 valence electrons. The van der Waals surface area contributed by atoms with Gasteiger partial charge < -0.3 is 20.1 Å². The summed E-state index contributed by atoms with van der Waals surface area (Å²) < 4.78 is 13.8. The minimum atomic E-state index is -0.374. The normalized spacial score (nSPS) is 15.0. The van der Waals surface area contributed by atoms with Crippen LogP contribution < -0.4 is 20.1 Å². The van der Waals surface area contributed by atoms with E-state index in [0.717, 1.165) is 26.8 Å². The Balaban J connectivity index is 1.63. The lowest BCUT2D eigenvalue weighted by Gasteiger charge is -2.31. The summed E-state index contributed by atoms with van der Waals surface area (Å²) in [4.78, 5) is 18.5. The first-order chi connectivity index (χ1) is 16.5. The Morgan fingerprint density at radius 2 is 1.82 bits per heavy atom. The predicted octanol–water partition coefficient (Wildman–Crippen LogP) is 5.74. The Morgan fingerprint density at radius 1 is 1.06 bits per heavy atom. The molecular weight excluding hydrogens is 496 g/mol. The fourth-order valence-electron chi connectivity index (χ4n) is 4.31. The number of anilines is 2. The number of allylic oxidation sites excluding steroid dienone is 1. The predicted molar refractivity (Wildman–Crippen MR) is 137 cm³/mol. The second kappa shape index (κ2) is 8.87. The third-order valence-corrected chi connectivity index (χ3v) is 6.45. The zero-order valence-corrected chi connectivity index (χ0v) is 20.5. The van der Waals surface area contributed by atoms with Crippen molar-refractivity contribution in [2.75, 3.05) is 24.9 Å². The lowest BCUT2D eigenvalue weighted by atomic mass is 9.94. The molecule has 1 aliphatic heterocycles. The number of hydrogen-bond acceptors (Lipinski definition) is 5. The van der Waals surface area contributed by atoms with Gasteiger partial charge in [0, 0.05) is 16.2 Å². The molecule has 1 aromatic heterocycles. The molecule has 2 heterocycles. The standard InChI is InChI=1S/C26H23BrN4O3/c1-15-23(25(32)29-20-13-12-18(33-2)14-22(20)34-3)24(16-8-10-17(27)11-9-16)31-21-7-5-4-6-19(21)30-26(31)28-15/h4-14,24H,1-3H3,(H,28,30)(H,29,32)/t24-/m0/s1. The van der Waals surface area contributed by atoms with Crippen LogP contribution in [0.25, 0.3) is 11.0 Å². The maximum atomic E-state index is 13.8. The smallest absolute Gasteiger partial charge is 0.255 e. The van der Waals surface area contributed by atoms with E-state index in [0.29, 0.717) is 28.7 Å². The molecule has 0 saturated carbocycles. The van der Waals surface area contributed by atoms with Crippen LogP contribution in [0.1, 0.15) is 18.5 Å². The van der Waals surface area contributed by atoms with Crippen LogP contribution in [0.4, 0.5) is 11.6 Å². The number of carbonyl (C=O) groups is 1. The summed E-state index contributed by atoms with van der Waals surface area (Å²) in [6, 6.07) is 20.8. The molecule has 1 atom stereocenters. The summed E-state index contributed by atoms with van der Waals surface area (Å²) in [6.45, 7) is 1.90. The van der Waals surface area contributed by atoms with E-state index in [-0.39, 0.29) is 11.9 Å². The molecule has 0 saturated heterocycles. The number of nitrogens with one attached hydrogen (secondary N) is 2. The molecule has 3 aromatic carbocycles. The second-order valence-corrected chi connectivity index (χ2v) is 8.85. The van der Waals surface area contributed by atoms with Gasteiger partial charge in [0.25, 0.3) is 5.91 Å². The molecule has 1 aliphatic rings. The largest absolute Gasteiger partial charge is 0.497 e. The Labute approximate surface area is 205 Å². The van der Waals surface area contributed by atoms with Crippen LogP contribution >= 0.6 is 15.9 Å². The number of rotatable bonds is 5. The lowest BCUT2D eigenvalue weighted by molar-refractivity contribution is -0.113. The van der Waals surface area contributed by atoms with Crippen molar-refractivity contribution >= 4 is 44.5 Å². The molecule has 1 amide bonds. The van der Waals surface area contributed by atoms with Crippen molar-refractivity contribution in [1.82, 2.24) is 9.55 Å². The van der Waals surface area contributed by atoms with Gasteiger partial charge in [-0.2, -0.15) is 0 Å². The molecule has 0 radical (unpaired) electrons. The van der Waals surface area contributed by atoms with E-state index < -0.39 is 0 Å². The number of carbonyl (C=O) groups excluding carboxylic acids is 1. The van der Waals surface area contributed by atoms with Gasteiger partial charge in [-0.25, -0.2) is 4.98 Å². The molecule has 0 bridgehead atoms. The van der Waals surface area contributed by atoms with Crippen LogP contribution in [0.3, 0.4) is 0 Å². The number of benzene rings is 3. The minimum Gasteiger partial charge on any atom is -0.497 e. The first kappa shape index (κ1) is 22.0. The van der Waals surface area contributed by atoms with Crippen LogP contribution in [0.2, 0.25) is 0 Å². The number of imidazole rings is 1. The fourth-order valence-corrected chi connectivity index (χ4v) is 4.57. The highest BCUT2D eigenvalue weighted by atomic mass is 79.9. The van der Waals surface area contributed by atoms with Crippen molar-refractivity contribution in [3.8, 4) is 11.5 Å². The number of methoxy groups -OCH3 is 2. The van der Waals surface area contributed by atoms with Gasteiger partial charge in [0.15, 0.2) is 0 Å². The molecule has 2 N–H and O–H groups in total. The number of fused-ring (bicyclic) bond motifs is 3. The first-order valence-electron chi connectivity index (χ1n) is 10.7. The van der Waals surface area contributed by atoms with Gasteiger partial charge in [-0.15, -0.1) is 0 Å². The van der Waals surface area contributed by atoms with Crippen LogP contribution in [0.15, 0.2) is 82.5 Å². The van der Waals surface area contributed by atoms with E-state index in [1.807, 2.05) is 55.5 Å². The monoisotopic (exact) mass is 518 g/mol.